The first-order chi connectivity index (χ1) is 13.9. The van der Waals surface area contributed by atoms with Crippen LogP contribution < -0.4 is 0 Å². The molecule has 6 heteroatoms. The average molecular weight is 394 g/mol. The Morgan fingerprint density at radius 1 is 1.03 bits per heavy atom. The van der Waals surface area contributed by atoms with Crippen LogP contribution in [0.25, 0.3) is 0 Å². The van der Waals surface area contributed by atoms with Gasteiger partial charge in [0.05, 0.1) is 18.4 Å². The molecule has 2 heterocycles. The van der Waals surface area contributed by atoms with E-state index in [0.717, 1.165) is 21.9 Å². The topological polar surface area (TPSA) is 59.4 Å². The van der Waals surface area contributed by atoms with Gasteiger partial charge < -0.3 is 4.57 Å². The van der Waals surface area contributed by atoms with Crippen molar-refractivity contribution in [1.82, 2.24) is 9.47 Å². The fourth-order valence-corrected chi connectivity index (χ4v) is 4.35. The highest BCUT2D eigenvalue weighted by atomic mass is 19.1. The van der Waals surface area contributed by atoms with Crippen molar-refractivity contribution >= 4 is 17.6 Å². The van der Waals surface area contributed by atoms with Gasteiger partial charge in [-0.15, -0.1) is 0 Å². The molecule has 1 aromatic heterocycles. The first-order valence-electron chi connectivity index (χ1n) is 9.81. The van der Waals surface area contributed by atoms with Crippen molar-refractivity contribution in [3.63, 3.8) is 0 Å². The molecule has 1 aliphatic carbocycles. The summed E-state index contributed by atoms with van der Waals surface area (Å²) in [4.78, 5) is 39.3. The number of likely N-dealkylation sites (tertiary alicyclic amines) is 1. The van der Waals surface area contributed by atoms with Crippen LogP contribution in [0.1, 0.15) is 40.2 Å². The number of hydrogen-bond acceptors (Lipinski definition) is 3. The van der Waals surface area contributed by atoms with E-state index < -0.39 is 0 Å². The van der Waals surface area contributed by atoms with Gasteiger partial charge in [-0.3, -0.25) is 19.3 Å². The molecule has 1 saturated heterocycles. The van der Waals surface area contributed by atoms with Gasteiger partial charge in [0.2, 0.25) is 11.8 Å². The van der Waals surface area contributed by atoms with Crippen molar-refractivity contribution in [2.24, 2.45) is 11.8 Å². The number of hydrogen-bond donors (Lipinski definition) is 0. The van der Waals surface area contributed by atoms with E-state index >= 15 is 0 Å². The molecule has 0 spiro atoms. The highest BCUT2D eigenvalue weighted by Gasteiger charge is 2.47. The highest BCUT2D eigenvalue weighted by Crippen LogP contribution is 2.35. The summed E-state index contributed by atoms with van der Waals surface area (Å²) < 4.78 is 15.1. The lowest BCUT2D eigenvalue weighted by Gasteiger charge is -2.14. The maximum atomic E-state index is 13.1. The van der Waals surface area contributed by atoms with Gasteiger partial charge in [-0.05, 0) is 50.5 Å². The summed E-state index contributed by atoms with van der Waals surface area (Å²) in [7, 11) is 0. The number of Topliss-reactive ketones (excluding diaryl/α,β-unsaturated/α-hetero) is 1. The number of benzene rings is 1. The molecular weight excluding hydrogens is 371 g/mol. The number of fused-ring (bicyclic) bond motifs is 1. The van der Waals surface area contributed by atoms with Gasteiger partial charge in [0.15, 0.2) is 5.78 Å². The minimum absolute atomic E-state index is 0.217. The third-order valence-electron chi connectivity index (χ3n) is 6.03. The van der Waals surface area contributed by atoms with E-state index in [1.807, 2.05) is 30.6 Å². The number of amides is 2. The van der Waals surface area contributed by atoms with Gasteiger partial charge in [0.25, 0.3) is 0 Å². The minimum Gasteiger partial charge on any atom is -0.344 e. The largest absolute Gasteiger partial charge is 0.344 e. The number of aromatic nitrogens is 1. The number of carbonyl (C=O) groups excluding carboxylic acids is 3. The number of aryl methyl sites for hydroxylation is 1. The molecule has 29 heavy (non-hydrogen) atoms. The van der Waals surface area contributed by atoms with Gasteiger partial charge >= 0.3 is 0 Å². The Kier molecular flexibility index (Phi) is 4.94. The number of halogens is 1. The molecule has 0 unspecified atom stereocenters. The van der Waals surface area contributed by atoms with Crippen LogP contribution in [0.5, 0.6) is 0 Å². The molecule has 0 radical (unpaired) electrons. The summed E-state index contributed by atoms with van der Waals surface area (Å²) in [6.07, 6.45) is 4.99. The van der Waals surface area contributed by atoms with Crippen molar-refractivity contribution in [2.45, 2.75) is 33.2 Å². The van der Waals surface area contributed by atoms with E-state index in [0.29, 0.717) is 24.9 Å². The van der Waals surface area contributed by atoms with E-state index in [-0.39, 0.29) is 41.8 Å². The van der Waals surface area contributed by atoms with Crippen LogP contribution in [0.2, 0.25) is 0 Å². The second-order valence-corrected chi connectivity index (χ2v) is 7.84. The second-order valence-electron chi connectivity index (χ2n) is 7.84. The third kappa shape index (κ3) is 3.43. The number of allylic oxidation sites excluding steroid dienone is 2. The van der Waals surface area contributed by atoms with Crippen LogP contribution >= 0.6 is 0 Å². The van der Waals surface area contributed by atoms with Gasteiger partial charge in [-0.25, -0.2) is 4.39 Å². The summed E-state index contributed by atoms with van der Waals surface area (Å²) in [5, 5.41) is 0. The first-order valence-corrected chi connectivity index (χ1v) is 9.81. The van der Waals surface area contributed by atoms with Crippen molar-refractivity contribution in [3.8, 4) is 0 Å². The quantitative estimate of drug-likeness (QED) is 0.444. The van der Waals surface area contributed by atoms with Crippen LogP contribution in [-0.4, -0.2) is 33.6 Å². The fraction of sp³-hybridized carbons (Fsp3) is 0.348. The summed E-state index contributed by atoms with van der Waals surface area (Å²) in [5.74, 6) is -1.66. The maximum Gasteiger partial charge on any atom is 0.233 e. The summed E-state index contributed by atoms with van der Waals surface area (Å²) in [5.41, 5.74) is 3.11. The molecule has 2 aromatic rings. The number of imide groups is 1. The molecule has 0 saturated carbocycles. The highest BCUT2D eigenvalue weighted by molar-refractivity contribution is 6.10. The molecule has 150 valence electrons. The van der Waals surface area contributed by atoms with E-state index in [1.54, 1.807) is 18.2 Å². The number of rotatable bonds is 5. The Bertz CT molecular complexity index is 993. The summed E-state index contributed by atoms with van der Waals surface area (Å²) >= 11 is 0. The van der Waals surface area contributed by atoms with Crippen molar-refractivity contribution in [1.29, 1.82) is 0 Å². The molecule has 0 bridgehead atoms. The first kappa shape index (κ1) is 19.3. The Morgan fingerprint density at radius 2 is 1.62 bits per heavy atom. The predicted octanol–water partition coefficient (Wildman–Crippen LogP) is 3.43. The lowest BCUT2D eigenvalue weighted by molar-refractivity contribution is -0.139. The summed E-state index contributed by atoms with van der Waals surface area (Å²) in [6.45, 7) is 4.05. The fourth-order valence-electron chi connectivity index (χ4n) is 4.35. The number of carbonyl (C=O) groups is 3. The molecule has 2 amide bonds. The van der Waals surface area contributed by atoms with E-state index in [9.17, 15) is 18.8 Å². The average Bonchev–Trinajstić information content (AvgIpc) is 3.13. The molecule has 1 fully saturated rings. The third-order valence-corrected chi connectivity index (χ3v) is 6.03. The Hall–Kier alpha value is -3.02. The molecule has 1 aliphatic heterocycles. The molecule has 2 atom stereocenters. The standard InChI is InChI=1S/C23H23FN2O3/c1-14-11-20(15(2)25(14)12-16-7-9-17(24)10-8-16)21(27)13-26-22(28)18-5-3-4-6-19(18)23(26)29/h3-4,7-11,18-19H,5-6,12-13H2,1-2H3/t18-,19+. The maximum absolute atomic E-state index is 13.1. The van der Waals surface area contributed by atoms with Crippen molar-refractivity contribution < 1.29 is 18.8 Å². The van der Waals surface area contributed by atoms with Crippen LogP contribution in [0.15, 0.2) is 42.5 Å². The van der Waals surface area contributed by atoms with Crippen molar-refractivity contribution in [2.75, 3.05) is 6.54 Å². The molecule has 0 N–H and O–H groups in total. The monoisotopic (exact) mass is 394 g/mol. The lowest BCUT2D eigenvalue weighted by atomic mass is 9.85. The Balaban J connectivity index is 1.53. The predicted molar refractivity (Wildman–Crippen MR) is 106 cm³/mol. The van der Waals surface area contributed by atoms with Crippen LogP contribution in [-0.2, 0) is 16.1 Å². The zero-order valence-corrected chi connectivity index (χ0v) is 16.5. The van der Waals surface area contributed by atoms with Gasteiger partial charge in [0, 0.05) is 23.5 Å². The Labute approximate surface area is 168 Å². The van der Waals surface area contributed by atoms with Gasteiger partial charge in [-0.2, -0.15) is 0 Å². The molecular formula is C23H23FN2O3. The van der Waals surface area contributed by atoms with Crippen LogP contribution in [0, 0.1) is 31.5 Å². The normalized spacial score (nSPS) is 21.0. The Morgan fingerprint density at radius 3 is 2.21 bits per heavy atom. The molecule has 2 aliphatic rings. The van der Waals surface area contributed by atoms with E-state index in [4.69, 9.17) is 0 Å². The number of ketones is 1. The van der Waals surface area contributed by atoms with Crippen molar-refractivity contribution in [3.05, 3.63) is 70.8 Å². The summed E-state index contributed by atoms with van der Waals surface area (Å²) in [6, 6.07) is 8.05. The van der Waals surface area contributed by atoms with E-state index in [2.05, 4.69) is 0 Å². The lowest BCUT2D eigenvalue weighted by Crippen LogP contribution is -2.36. The SMILES string of the molecule is Cc1cc(C(=O)CN2C(=O)[C@H]3CC=CC[C@H]3C2=O)c(C)n1Cc1ccc(F)cc1. The number of nitrogens with zero attached hydrogens (tertiary/aromatic N) is 2. The zero-order valence-electron chi connectivity index (χ0n) is 16.5. The van der Waals surface area contributed by atoms with Gasteiger partial charge in [0.1, 0.15) is 5.82 Å². The minimum atomic E-state index is -0.328. The second kappa shape index (κ2) is 7.43. The van der Waals surface area contributed by atoms with Gasteiger partial charge in [-0.1, -0.05) is 24.3 Å². The van der Waals surface area contributed by atoms with E-state index in [1.165, 1.54) is 12.1 Å². The molecule has 1 aromatic carbocycles. The smallest absolute Gasteiger partial charge is 0.233 e. The zero-order chi connectivity index (χ0) is 20.7. The van der Waals surface area contributed by atoms with Crippen LogP contribution in [0.4, 0.5) is 4.39 Å². The van der Waals surface area contributed by atoms with Crippen LogP contribution in [0.3, 0.4) is 0 Å². The molecule has 4 rings (SSSR count). The molecule has 5 nitrogen and oxygen atoms in total.